The van der Waals surface area contributed by atoms with Crippen LogP contribution in [0.5, 0.6) is 5.75 Å². The van der Waals surface area contributed by atoms with Crippen LogP contribution in [0, 0.1) is 6.92 Å². The second kappa shape index (κ2) is 8.50. The van der Waals surface area contributed by atoms with Crippen molar-refractivity contribution in [1.29, 1.82) is 0 Å². The Morgan fingerprint density at radius 1 is 1.09 bits per heavy atom. The molecule has 178 valence electrons. The number of carboxylic acids is 1. The van der Waals surface area contributed by atoms with Crippen molar-refractivity contribution < 1.29 is 32.2 Å². The van der Waals surface area contributed by atoms with Crippen LogP contribution >= 0.6 is 0 Å². The minimum atomic E-state index is -4.40. The number of oxazole rings is 1. The Bertz CT molecular complexity index is 1550. The molecule has 0 saturated heterocycles. The highest BCUT2D eigenvalue weighted by molar-refractivity contribution is 6.11. The van der Waals surface area contributed by atoms with Crippen LogP contribution in [-0.4, -0.2) is 27.1 Å². The quantitative estimate of drug-likeness (QED) is 0.305. The summed E-state index contributed by atoms with van der Waals surface area (Å²) >= 11 is 0. The molecule has 3 aromatic heterocycles. The number of benzene rings is 2. The molecule has 0 aliphatic carbocycles. The normalized spacial score (nSPS) is 11.9. The molecule has 5 rings (SSSR count). The Balaban J connectivity index is 1.32. The second-order valence-electron chi connectivity index (χ2n) is 8.02. The zero-order valence-corrected chi connectivity index (χ0v) is 18.5. The molecule has 0 fully saturated rings. The summed E-state index contributed by atoms with van der Waals surface area (Å²) in [5, 5.41) is 10.3. The van der Waals surface area contributed by atoms with Gasteiger partial charge in [-0.3, -0.25) is 0 Å². The van der Waals surface area contributed by atoms with Crippen LogP contribution < -0.4 is 4.74 Å². The van der Waals surface area contributed by atoms with Crippen LogP contribution in [0.15, 0.2) is 71.3 Å². The molecule has 9 heteroatoms. The van der Waals surface area contributed by atoms with Gasteiger partial charge >= 0.3 is 12.1 Å². The number of hydrogen-bond donors (Lipinski definition) is 1. The van der Waals surface area contributed by atoms with Gasteiger partial charge in [0.05, 0.1) is 34.5 Å². The first-order chi connectivity index (χ1) is 16.7. The lowest BCUT2D eigenvalue weighted by molar-refractivity contribution is -0.137. The first-order valence-electron chi connectivity index (χ1n) is 10.7. The van der Waals surface area contributed by atoms with Crippen LogP contribution in [0.4, 0.5) is 13.2 Å². The molecular formula is C26H19F3N2O4. The van der Waals surface area contributed by atoms with Crippen molar-refractivity contribution in [2.24, 2.45) is 0 Å². The van der Waals surface area contributed by atoms with E-state index in [1.54, 1.807) is 43.5 Å². The number of carboxylic acid groups (broad SMARTS) is 1. The molecule has 0 aliphatic heterocycles. The number of aryl methyl sites for hydroxylation is 1. The van der Waals surface area contributed by atoms with Crippen molar-refractivity contribution in [2.45, 2.75) is 19.5 Å². The van der Waals surface area contributed by atoms with Crippen molar-refractivity contribution in [2.75, 3.05) is 6.61 Å². The number of fused-ring (bicyclic) bond motifs is 3. The molecule has 0 unspecified atom stereocenters. The van der Waals surface area contributed by atoms with E-state index in [2.05, 4.69) is 4.98 Å². The average Bonchev–Trinajstić information content (AvgIpc) is 3.36. The summed E-state index contributed by atoms with van der Waals surface area (Å²) in [7, 11) is 0. The van der Waals surface area contributed by atoms with Crippen LogP contribution in [0.2, 0.25) is 0 Å². The summed E-state index contributed by atoms with van der Waals surface area (Å²) in [4.78, 5) is 16.1. The van der Waals surface area contributed by atoms with Crippen molar-refractivity contribution in [3.8, 4) is 17.2 Å². The van der Waals surface area contributed by atoms with Crippen molar-refractivity contribution in [3.05, 3.63) is 89.4 Å². The monoisotopic (exact) mass is 480 g/mol. The molecule has 0 atom stereocenters. The third-order valence-corrected chi connectivity index (χ3v) is 5.78. The van der Waals surface area contributed by atoms with E-state index in [9.17, 15) is 23.1 Å². The number of alkyl halides is 3. The summed E-state index contributed by atoms with van der Waals surface area (Å²) in [5.74, 6) is 0.385. The van der Waals surface area contributed by atoms with Crippen LogP contribution in [0.25, 0.3) is 27.9 Å². The van der Waals surface area contributed by atoms with Gasteiger partial charge in [-0.2, -0.15) is 13.2 Å². The van der Waals surface area contributed by atoms with E-state index in [0.29, 0.717) is 40.1 Å². The molecular weight excluding hydrogens is 461 g/mol. The molecule has 0 bridgehead atoms. The van der Waals surface area contributed by atoms with Gasteiger partial charge in [0.15, 0.2) is 0 Å². The number of halogens is 3. The first kappa shape index (κ1) is 22.5. The lowest BCUT2D eigenvalue weighted by Gasteiger charge is -2.06. The Morgan fingerprint density at radius 3 is 2.57 bits per heavy atom. The highest BCUT2D eigenvalue weighted by Crippen LogP contribution is 2.32. The highest BCUT2D eigenvalue weighted by atomic mass is 19.4. The Labute approximate surface area is 197 Å². The van der Waals surface area contributed by atoms with Gasteiger partial charge in [0, 0.05) is 29.6 Å². The minimum absolute atomic E-state index is 0.236. The predicted molar refractivity (Wildman–Crippen MR) is 123 cm³/mol. The smallest absolute Gasteiger partial charge is 0.416 e. The molecule has 6 nitrogen and oxygen atoms in total. The summed E-state index contributed by atoms with van der Waals surface area (Å²) in [6, 6.07) is 15.2. The van der Waals surface area contributed by atoms with E-state index in [1.165, 1.54) is 12.1 Å². The molecule has 2 aromatic carbocycles. The zero-order chi connectivity index (χ0) is 24.7. The molecule has 0 spiro atoms. The van der Waals surface area contributed by atoms with Gasteiger partial charge in [-0.05, 0) is 55.5 Å². The first-order valence-corrected chi connectivity index (χ1v) is 10.7. The summed E-state index contributed by atoms with van der Waals surface area (Å²) < 4.78 is 51.8. The third kappa shape index (κ3) is 4.21. The van der Waals surface area contributed by atoms with Gasteiger partial charge < -0.3 is 18.7 Å². The average molecular weight is 480 g/mol. The Hall–Kier alpha value is -4.27. The standard InChI is InChI=1S/C26H19F3N2O4/c1-15-22(35-24(30-15)16-5-7-17(8-6-16)26(27,28)29)11-13-34-18-9-10-19-21(14-18)31-12-3-2-4-20(31)23(19)25(32)33/h2-10,12,14H,11,13H2,1H3,(H,32,33). The fourth-order valence-electron chi connectivity index (χ4n) is 4.08. The van der Waals surface area contributed by atoms with E-state index < -0.39 is 17.7 Å². The third-order valence-electron chi connectivity index (χ3n) is 5.78. The van der Waals surface area contributed by atoms with E-state index in [-0.39, 0.29) is 18.1 Å². The fraction of sp³-hybridized carbons (Fsp3) is 0.154. The lowest BCUT2D eigenvalue weighted by atomic mass is 10.1. The second-order valence-corrected chi connectivity index (χ2v) is 8.02. The van der Waals surface area contributed by atoms with Gasteiger partial charge in [-0.25, -0.2) is 9.78 Å². The van der Waals surface area contributed by atoms with Gasteiger partial charge in [-0.15, -0.1) is 0 Å². The van der Waals surface area contributed by atoms with Gasteiger partial charge in [-0.1, -0.05) is 6.07 Å². The number of hydrogen-bond acceptors (Lipinski definition) is 4. The molecule has 1 N–H and O–H groups in total. The van der Waals surface area contributed by atoms with Crippen LogP contribution in [0.1, 0.15) is 27.4 Å². The van der Waals surface area contributed by atoms with Crippen molar-refractivity contribution in [1.82, 2.24) is 9.38 Å². The number of aromatic nitrogens is 2. The van der Waals surface area contributed by atoms with E-state index in [0.717, 1.165) is 17.6 Å². The molecule has 5 aromatic rings. The fourth-order valence-corrected chi connectivity index (χ4v) is 4.08. The lowest BCUT2D eigenvalue weighted by Crippen LogP contribution is -2.03. The molecule has 35 heavy (non-hydrogen) atoms. The number of pyridine rings is 1. The van der Waals surface area contributed by atoms with Crippen molar-refractivity contribution in [3.63, 3.8) is 0 Å². The molecule has 0 aliphatic rings. The maximum absolute atomic E-state index is 12.8. The molecule has 0 amide bonds. The van der Waals surface area contributed by atoms with E-state index >= 15 is 0 Å². The number of ether oxygens (including phenoxy) is 1. The van der Waals surface area contributed by atoms with Crippen molar-refractivity contribution >= 4 is 22.4 Å². The maximum atomic E-state index is 12.8. The number of nitrogens with zero attached hydrogens (tertiary/aromatic N) is 2. The molecule has 0 saturated carbocycles. The minimum Gasteiger partial charge on any atom is -0.493 e. The summed E-state index contributed by atoms with van der Waals surface area (Å²) in [5.41, 5.74) is 1.90. The Morgan fingerprint density at radius 2 is 1.86 bits per heavy atom. The van der Waals surface area contributed by atoms with E-state index in [4.69, 9.17) is 9.15 Å². The summed E-state index contributed by atoms with van der Waals surface area (Å²) in [6.45, 7) is 2.03. The number of aromatic carboxylic acids is 1. The maximum Gasteiger partial charge on any atom is 0.416 e. The Kier molecular flexibility index (Phi) is 5.47. The van der Waals surface area contributed by atoms with Gasteiger partial charge in [0.1, 0.15) is 11.5 Å². The highest BCUT2D eigenvalue weighted by Gasteiger charge is 2.30. The van der Waals surface area contributed by atoms with Crippen LogP contribution in [0.3, 0.4) is 0 Å². The van der Waals surface area contributed by atoms with Gasteiger partial charge in [0.25, 0.3) is 0 Å². The largest absolute Gasteiger partial charge is 0.493 e. The van der Waals surface area contributed by atoms with E-state index in [1.807, 2.05) is 10.5 Å². The number of carbonyl (C=O) groups is 1. The van der Waals surface area contributed by atoms with Gasteiger partial charge in [0.2, 0.25) is 5.89 Å². The molecule has 3 heterocycles. The van der Waals surface area contributed by atoms with Crippen LogP contribution in [-0.2, 0) is 12.6 Å². The molecule has 0 radical (unpaired) electrons. The topological polar surface area (TPSA) is 77.0 Å². The summed E-state index contributed by atoms with van der Waals surface area (Å²) in [6.07, 6.45) is -2.21. The number of rotatable bonds is 6. The zero-order valence-electron chi connectivity index (χ0n) is 18.5. The SMILES string of the molecule is Cc1nc(-c2ccc(C(F)(F)F)cc2)oc1CCOc1ccc2c(C(=O)O)c3ccccn3c2c1. The predicted octanol–water partition coefficient (Wildman–Crippen LogP) is 6.39.